The summed E-state index contributed by atoms with van der Waals surface area (Å²) in [6.07, 6.45) is 1.26. The van der Waals surface area contributed by atoms with Gasteiger partial charge >= 0.3 is 0 Å². The van der Waals surface area contributed by atoms with Gasteiger partial charge in [0.2, 0.25) is 17.7 Å². The topological polar surface area (TPSA) is 123 Å². The number of hydrazine groups is 1. The zero-order chi connectivity index (χ0) is 11.4. The Morgan fingerprint density at radius 2 is 1.80 bits per heavy atom. The first-order chi connectivity index (χ1) is 7.11. The molecule has 0 bridgehead atoms. The molecule has 0 saturated carbocycles. The maximum atomic E-state index is 7.19. The minimum atomic E-state index is -0.374. The number of nitrogens with one attached hydrogen (secondary N) is 1. The molecule has 1 aromatic rings. The molecule has 0 saturated heterocycles. The average molecular weight is 212 g/mol. The summed E-state index contributed by atoms with van der Waals surface area (Å²) >= 11 is 0. The maximum Gasteiger partial charge on any atom is 0.246 e. The molecule has 15 heavy (non-hydrogen) atoms. The van der Waals surface area contributed by atoms with E-state index in [1.54, 1.807) is 0 Å². The van der Waals surface area contributed by atoms with E-state index in [9.17, 15) is 0 Å². The third-order valence-electron chi connectivity index (χ3n) is 1.64. The van der Waals surface area contributed by atoms with Gasteiger partial charge in [-0.25, -0.2) is 10.9 Å². The summed E-state index contributed by atoms with van der Waals surface area (Å²) in [5.41, 5.74) is 5.44. The van der Waals surface area contributed by atoms with Gasteiger partial charge in [-0.15, -0.1) is 0 Å². The van der Waals surface area contributed by atoms with Crippen LogP contribution in [0.1, 0.15) is 0 Å². The van der Waals surface area contributed by atoms with Crippen molar-refractivity contribution in [3.05, 3.63) is 6.33 Å². The van der Waals surface area contributed by atoms with Gasteiger partial charge in [-0.3, -0.25) is 5.41 Å². The third kappa shape index (κ3) is 2.05. The van der Waals surface area contributed by atoms with E-state index in [1.165, 1.54) is 20.5 Å². The Bertz CT molecular complexity index is 346. The third-order valence-corrected chi connectivity index (χ3v) is 1.64. The van der Waals surface area contributed by atoms with Crippen LogP contribution in [0.2, 0.25) is 0 Å². The summed E-state index contributed by atoms with van der Waals surface area (Å²) in [5.74, 6) is 5.52. The fourth-order valence-electron chi connectivity index (χ4n) is 0.973. The molecule has 82 valence electrons. The number of hydrogen-bond donors (Lipinski definition) is 3. The van der Waals surface area contributed by atoms with Gasteiger partial charge in [0.1, 0.15) is 6.33 Å². The van der Waals surface area contributed by atoms with Gasteiger partial charge in [-0.05, 0) is 0 Å². The number of hydrogen-bond acceptors (Lipinski definition) is 6. The number of anilines is 1. The van der Waals surface area contributed by atoms with Crippen molar-refractivity contribution in [3.8, 4) is 11.8 Å². The highest BCUT2D eigenvalue weighted by atomic mass is 16.5. The van der Waals surface area contributed by atoms with E-state index >= 15 is 0 Å². The normalized spacial score (nSPS) is 9.53. The largest absolute Gasteiger partial charge is 0.479 e. The summed E-state index contributed by atoms with van der Waals surface area (Å²) in [4.78, 5) is 7.64. The molecule has 0 aliphatic rings. The monoisotopic (exact) mass is 212 g/mol. The van der Waals surface area contributed by atoms with Crippen LogP contribution in [-0.2, 0) is 0 Å². The second-order valence-corrected chi connectivity index (χ2v) is 2.50. The predicted octanol–water partition coefficient (Wildman–Crippen LogP) is -0.933. The summed E-state index contributed by atoms with van der Waals surface area (Å²) in [6, 6.07) is 0. The van der Waals surface area contributed by atoms with E-state index in [-0.39, 0.29) is 23.4 Å². The Labute approximate surface area is 86.3 Å². The smallest absolute Gasteiger partial charge is 0.246 e. The van der Waals surface area contributed by atoms with Crippen molar-refractivity contribution in [1.29, 1.82) is 5.41 Å². The van der Waals surface area contributed by atoms with Crippen molar-refractivity contribution in [1.82, 2.24) is 9.97 Å². The van der Waals surface area contributed by atoms with Crippen molar-refractivity contribution in [2.45, 2.75) is 0 Å². The molecule has 0 aromatic carbocycles. The van der Waals surface area contributed by atoms with Crippen LogP contribution in [0.4, 0.5) is 5.69 Å². The quantitative estimate of drug-likeness (QED) is 0.256. The van der Waals surface area contributed by atoms with Gasteiger partial charge in [0.15, 0.2) is 5.69 Å². The molecular weight excluding hydrogens is 200 g/mol. The lowest BCUT2D eigenvalue weighted by Crippen LogP contribution is -2.42. The molecule has 0 aliphatic carbocycles. The van der Waals surface area contributed by atoms with E-state index in [1.807, 2.05) is 0 Å². The minimum Gasteiger partial charge on any atom is -0.479 e. The molecule has 0 aliphatic heterocycles. The molecule has 5 N–H and O–H groups in total. The van der Waals surface area contributed by atoms with Gasteiger partial charge in [-0.2, -0.15) is 9.97 Å². The average Bonchev–Trinajstić information content (AvgIpc) is 2.26. The summed E-state index contributed by atoms with van der Waals surface area (Å²) < 4.78 is 9.91. The highest BCUT2D eigenvalue weighted by molar-refractivity contribution is 5.93. The predicted molar refractivity (Wildman–Crippen MR) is 53.7 cm³/mol. The molecule has 0 radical (unpaired) electrons. The number of ether oxygens (including phenoxy) is 2. The number of nitrogens with zero attached hydrogens (tertiary/aromatic N) is 3. The van der Waals surface area contributed by atoms with Gasteiger partial charge in [0, 0.05) is 0 Å². The number of methoxy groups -OCH3 is 2. The Morgan fingerprint density at radius 3 is 2.13 bits per heavy atom. The highest BCUT2D eigenvalue weighted by Gasteiger charge is 2.19. The standard InChI is InChI=1S/C7H12N6O2/c1-14-5-4(13(10)7(8)9)6(15-2)12-3-11-5/h3H,10H2,1-2H3,(H3,8,9). The van der Waals surface area contributed by atoms with E-state index < -0.39 is 0 Å². The van der Waals surface area contributed by atoms with Crippen molar-refractivity contribution in [2.75, 3.05) is 19.2 Å². The lowest BCUT2D eigenvalue weighted by atomic mass is 10.4. The Morgan fingerprint density at radius 1 is 1.33 bits per heavy atom. The Balaban J connectivity index is 3.27. The summed E-state index contributed by atoms with van der Waals surface area (Å²) in [6.45, 7) is 0. The fourth-order valence-corrected chi connectivity index (χ4v) is 0.973. The van der Waals surface area contributed by atoms with Crippen LogP contribution in [0.3, 0.4) is 0 Å². The SMILES string of the molecule is COc1ncnc(OC)c1N(N)C(=N)N. The zero-order valence-corrected chi connectivity index (χ0v) is 8.39. The second kappa shape index (κ2) is 4.42. The first-order valence-electron chi connectivity index (χ1n) is 3.93. The summed E-state index contributed by atoms with van der Waals surface area (Å²) in [5, 5.41) is 8.07. The number of guanidine groups is 1. The number of aromatic nitrogens is 2. The molecule has 1 heterocycles. The fraction of sp³-hybridized carbons (Fsp3) is 0.286. The van der Waals surface area contributed by atoms with Crippen LogP contribution in [-0.4, -0.2) is 30.1 Å². The molecule has 0 atom stereocenters. The maximum absolute atomic E-state index is 7.19. The van der Waals surface area contributed by atoms with Crippen molar-refractivity contribution < 1.29 is 9.47 Å². The molecule has 0 amide bonds. The molecular formula is C7H12N6O2. The Hall–Kier alpha value is -2.09. The molecule has 0 unspecified atom stereocenters. The lowest BCUT2D eigenvalue weighted by molar-refractivity contribution is 0.373. The highest BCUT2D eigenvalue weighted by Crippen LogP contribution is 2.31. The van der Waals surface area contributed by atoms with E-state index in [0.717, 1.165) is 5.01 Å². The summed E-state index contributed by atoms with van der Waals surface area (Å²) in [7, 11) is 2.83. The van der Waals surface area contributed by atoms with Crippen LogP contribution in [0, 0.1) is 5.41 Å². The van der Waals surface area contributed by atoms with Crippen LogP contribution < -0.4 is 26.1 Å². The Kier molecular flexibility index (Phi) is 3.24. The molecule has 0 spiro atoms. The first kappa shape index (κ1) is 11.0. The van der Waals surface area contributed by atoms with Gasteiger partial charge in [0.25, 0.3) is 0 Å². The van der Waals surface area contributed by atoms with Gasteiger partial charge < -0.3 is 15.2 Å². The molecule has 1 rings (SSSR count). The van der Waals surface area contributed by atoms with Crippen molar-refractivity contribution >= 4 is 11.6 Å². The minimum absolute atomic E-state index is 0.180. The van der Waals surface area contributed by atoms with Crippen LogP contribution in [0.15, 0.2) is 6.33 Å². The number of nitrogens with two attached hydrogens (primary N) is 2. The molecule has 8 heteroatoms. The van der Waals surface area contributed by atoms with Gasteiger partial charge in [-0.1, -0.05) is 0 Å². The molecule has 8 nitrogen and oxygen atoms in total. The van der Waals surface area contributed by atoms with Crippen molar-refractivity contribution in [2.24, 2.45) is 11.6 Å². The van der Waals surface area contributed by atoms with Gasteiger partial charge in [0.05, 0.1) is 14.2 Å². The lowest BCUT2D eigenvalue weighted by Gasteiger charge is -2.19. The van der Waals surface area contributed by atoms with Crippen molar-refractivity contribution in [3.63, 3.8) is 0 Å². The first-order valence-corrected chi connectivity index (χ1v) is 3.93. The molecule has 0 fully saturated rings. The van der Waals surface area contributed by atoms with Crippen LogP contribution in [0.25, 0.3) is 0 Å². The van der Waals surface area contributed by atoms with E-state index in [2.05, 4.69) is 9.97 Å². The second-order valence-electron chi connectivity index (χ2n) is 2.50. The number of rotatable bonds is 3. The van der Waals surface area contributed by atoms with E-state index in [0.29, 0.717) is 0 Å². The van der Waals surface area contributed by atoms with E-state index in [4.69, 9.17) is 26.5 Å². The van der Waals surface area contributed by atoms with Crippen LogP contribution >= 0.6 is 0 Å². The molecule has 1 aromatic heterocycles. The zero-order valence-electron chi connectivity index (χ0n) is 8.39. The van der Waals surface area contributed by atoms with Crippen LogP contribution in [0.5, 0.6) is 11.8 Å².